The van der Waals surface area contributed by atoms with Gasteiger partial charge in [-0.25, -0.2) is 8.42 Å². The fraction of sp³-hybridized carbons (Fsp3) is 0.310. The number of anilines is 1. The zero-order valence-corrected chi connectivity index (χ0v) is 24.1. The van der Waals surface area contributed by atoms with Crippen LogP contribution in [-0.2, 0) is 32.8 Å². The van der Waals surface area contributed by atoms with Gasteiger partial charge in [0.25, 0.3) is 0 Å². The maximum absolute atomic E-state index is 13.6. The molecular formula is C29H34ClN3O5S. The van der Waals surface area contributed by atoms with E-state index in [1.54, 1.807) is 55.5 Å². The third-order valence-corrected chi connectivity index (χ3v) is 7.31. The summed E-state index contributed by atoms with van der Waals surface area (Å²) in [5.74, 6) is -0.296. The summed E-state index contributed by atoms with van der Waals surface area (Å²) in [6.07, 6.45) is 1.04. The van der Waals surface area contributed by atoms with E-state index >= 15 is 0 Å². The van der Waals surface area contributed by atoms with Crippen molar-refractivity contribution in [3.05, 3.63) is 95.0 Å². The number of sulfonamides is 1. The van der Waals surface area contributed by atoms with E-state index < -0.39 is 28.5 Å². The van der Waals surface area contributed by atoms with Crippen LogP contribution in [0.4, 0.5) is 5.69 Å². The van der Waals surface area contributed by atoms with Crippen LogP contribution in [0.2, 0.25) is 5.02 Å². The molecule has 0 aliphatic heterocycles. The molecule has 0 bridgehead atoms. The molecule has 208 valence electrons. The summed E-state index contributed by atoms with van der Waals surface area (Å²) in [6.45, 7) is 5.27. The molecule has 1 N–H and O–H groups in total. The number of nitrogens with zero attached hydrogens (tertiary/aromatic N) is 2. The average Bonchev–Trinajstić information content (AvgIpc) is 2.89. The lowest BCUT2D eigenvalue weighted by Crippen LogP contribution is -2.52. The molecule has 0 aliphatic carbocycles. The Bertz CT molecular complexity index is 1350. The van der Waals surface area contributed by atoms with Gasteiger partial charge in [0, 0.05) is 17.6 Å². The fourth-order valence-corrected chi connectivity index (χ4v) is 4.81. The first-order chi connectivity index (χ1) is 18.4. The van der Waals surface area contributed by atoms with Gasteiger partial charge >= 0.3 is 0 Å². The van der Waals surface area contributed by atoms with Gasteiger partial charge in [-0.1, -0.05) is 54.1 Å². The molecule has 2 amide bonds. The molecule has 3 rings (SSSR count). The first-order valence-corrected chi connectivity index (χ1v) is 14.8. The molecule has 0 aliphatic rings. The molecule has 1 unspecified atom stereocenters. The molecule has 0 radical (unpaired) electrons. The molecule has 3 aromatic rings. The lowest BCUT2D eigenvalue weighted by Gasteiger charge is -2.32. The Labute approximate surface area is 235 Å². The predicted octanol–water partition coefficient (Wildman–Crippen LogP) is 4.63. The van der Waals surface area contributed by atoms with Crippen molar-refractivity contribution in [2.24, 2.45) is 0 Å². The van der Waals surface area contributed by atoms with Crippen LogP contribution in [0.3, 0.4) is 0 Å². The van der Waals surface area contributed by atoms with Gasteiger partial charge in [0.05, 0.1) is 11.9 Å². The molecular weight excluding hydrogens is 538 g/mol. The zero-order chi connectivity index (χ0) is 28.6. The standard InChI is InChI=1S/C29H34ClN3O5S/c1-21(2)31-29(35)22(3)32(18-23-10-12-25(30)13-11-23)28(34)19-33(39(4,36)37)26-14-16-27(17-15-26)38-20-24-8-6-5-7-9-24/h5-17,21-22H,18-20H2,1-4H3,(H,31,35). The second-order valence-corrected chi connectivity index (χ2v) is 11.9. The molecule has 39 heavy (non-hydrogen) atoms. The fourth-order valence-electron chi connectivity index (χ4n) is 3.84. The topological polar surface area (TPSA) is 96.0 Å². The number of hydrogen-bond donors (Lipinski definition) is 1. The normalized spacial score (nSPS) is 12.1. The van der Waals surface area contributed by atoms with E-state index in [2.05, 4.69) is 5.32 Å². The Morgan fingerprint density at radius 3 is 2.08 bits per heavy atom. The van der Waals surface area contributed by atoms with Crippen molar-refractivity contribution in [1.29, 1.82) is 0 Å². The number of halogens is 1. The quantitative estimate of drug-likeness (QED) is 0.342. The van der Waals surface area contributed by atoms with Gasteiger partial charge in [0.1, 0.15) is 24.9 Å². The Morgan fingerprint density at radius 2 is 1.51 bits per heavy atom. The summed E-state index contributed by atoms with van der Waals surface area (Å²) in [4.78, 5) is 27.8. The summed E-state index contributed by atoms with van der Waals surface area (Å²) < 4.78 is 32.3. The van der Waals surface area contributed by atoms with Crippen molar-refractivity contribution in [2.45, 2.75) is 46.0 Å². The van der Waals surface area contributed by atoms with Crippen molar-refractivity contribution in [2.75, 3.05) is 17.1 Å². The molecule has 0 heterocycles. The van der Waals surface area contributed by atoms with Crippen LogP contribution >= 0.6 is 11.6 Å². The second-order valence-electron chi connectivity index (χ2n) is 9.53. The van der Waals surface area contributed by atoms with Crippen molar-refractivity contribution in [3.63, 3.8) is 0 Å². The lowest BCUT2D eigenvalue weighted by molar-refractivity contribution is -0.139. The van der Waals surface area contributed by atoms with Crippen molar-refractivity contribution >= 4 is 39.1 Å². The van der Waals surface area contributed by atoms with Crippen LogP contribution in [0.25, 0.3) is 0 Å². The Kier molecular flexibility index (Phi) is 10.4. The van der Waals surface area contributed by atoms with Gasteiger partial charge in [-0.15, -0.1) is 0 Å². The summed E-state index contributed by atoms with van der Waals surface area (Å²) in [6, 6.07) is 22.1. The predicted molar refractivity (Wildman–Crippen MR) is 154 cm³/mol. The number of nitrogens with one attached hydrogen (secondary N) is 1. The number of carbonyl (C=O) groups is 2. The van der Waals surface area contributed by atoms with E-state index in [1.807, 2.05) is 44.2 Å². The van der Waals surface area contributed by atoms with Crippen LogP contribution in [0.5, 0.6) is 5.75 Å². The molecule has 10 heteroatoms. The molecule has 0 saturated carbocycles. The highest BCUT2D eigenvalue weighted by molar-refractivity contribution is 7.92. The highest BCUT2D eigenvalue weighted by Crippen LogP contribution is 2.23. The summed E-state index contributed by atoms with van der Waals surface area (Å²) in [5, 5.41) is 3.36. The highest BCUT2D eigenvalue weighted by Gasteiger charge is 2.30. The van der Waals surface area contributed by atoms with E-state index in [9.17, 15) is 18.0 Å². The number of carbonyl (C=O) groups excluding carboxylic acids is 2. The SMILES string of the molecule is CC(C)NC(=O)C(C)N(Cc1ccc(Cl)cc1)C(=O)CN(c1ccc(OCc2ccccc2)cc1)S(C)(=O)=O. The van der Waals surface area contributed by atoms with E-state index in [1.165, 1.54) is 4.90 Å². The highest BCUT2D eigenvalue weighted by atomic mass is 35.5. The van der Waals surface area contributed by atoms with Crippen molar-refractivity contribution in [1.82, 2.24) is 10.2 Å². The van der Waals surface area contributed by atoms with Gasteiger partial charge < -0.3 is 15.0 Å². The Morgan fingerprint density at radius 1 is 0.897 bits per heavy atom. The number of ether oxygens (including phenoxy) is 1. The molecule has 0 saturated heterocycles. The van der Waals surface area contributed by atoms with Crippen LogP contribution in [0.1, 0.15) is 31.9 Å². The number of amides is 2. The molecule has 3 aromatic carbocycles. The number of hydrogen-bond acceptors (Lipinski definition) is 5. The third-order valence-electron chi connectivity index (χ3n) is 5.92. The molecule has 8 nitrogen and oxygen atoms in total. The van der Waals surface area contributed by atoms with Crippen molar-refractivity contribution in [3.8, 4) is 5.75 Å². The minimum Gasteiger partial charge on any atom is -0.489 e. The molecule has 0 aromatic heterocycles. The first kappa shape index (κ1) is 30.0. The van der Waals surface area contributed by atoms with E-state index in [-0.39, 0.29) is 18.5 Å². The van der Waals surface area contributed by atoms with Gasteiger partial charge in [-0.05, 0) is 68.3 Å². The summed E-state index contributed by atoms with van der Waals surface area (Å²) >= 11 is 6.00. The zero-order valence-electron chi connectivity index (χ0n) is 22.5. The van der Waals surface area contributed by atoms with Gasteiger partial charge in [0.2, 0.25) is 21.8 Å². The van der Waals surface area contributed by atoms with Crippen LogP contribution in [0, 0.1) is 0 Å². The second kappa shape index (κ2) is 13.5. The smallest absolute Gasteiger partial charge is 0.244 e. The van der Waals surface area contributed by atoms with Crippen LogP contribution in [0.15, 0.2) is 78.9 Å². The van der Waals surface area contributed by atoms with E-state index in [0.717, 1.165) is 21.7 Å². The Balaban J connectivity index is 1.81. The largest absolute Gasteiger partial charge is 0.489 e. The van der Waals surface area contributed by atoms with E-state index in [0.29, 0.717) is 23.1 Å². The van der Waals surface area contributed by atoms with Gasteiger partial charge in [-0.3, -0.25) is 13.9 Å². The van der Waals surface area contributed by atoms with Crippen LogP contribution < -0.4 is 14.4 Å². The van der Waals surface area contributed by atoms with E-state index in [4.69, 9.17) is 16.3 Å². The first-order valence-electron chi connectivity index (χ1n) is 12.5. The lowest BCUT2D eigenvalue weighted by atomic mass is 10.1. The summed E-state index contributed by atoms with van der Waals surface area (Å²) in [5.41, 5.74) is 2.06. The molecule has 0 spiro atoms. The minimum atomic E-state index is -3.83. The minimum absolute atomic E-state index is 0.104. The van der Waals surface area contributed by atoms with Crippen molar-refractivity contribution < 1.29 is 22.7 Å². The average molecular weight is 572 g/mol. The maximum Gasteiger partial charge on any atom is 0.244 e. The van der Waals surface area contributed by atoms with Gasteiger partial charge in [0.15, 0.2) is 0 Å². The number of rotatable bonds is 12. The van der Waals surface area contributed by atoms with Crippen LogP contribution in [-0.4, -0.2) is 50.0 Å². The summed E-state index contributed by atoms with van der Waals surface area (Å²) in [7, 11) is -3.83. The number of benzene rings is 3. The monoisotopic (exact) mass is 571 g/mol. The molecule has 1 atom stereocenters. The van der Waals surface area contributed by atoms with Gasteiger partial charge in [-0.2, -0.15) is 0 Å². The third kappa shape index (κ3) is 9.01. The molecule has 0 fully saturated rings. The maximum atomic E-state index is 13.6. The Hall–Kier alpha value is -3.56.